The zero-order chi connectivity index (χ0) is 12.5. The molecule has 1 aliphatic heterocycles. The van der Waals surface area contributed by atoms with E-state index in [0.29, 0.717) is 16.8 Å². The molecule has 4 nitrogen and oxygen atoms in total. The average Bonchev–Trinajstić information content (AvgIpc) is 2.82. The van der Waals surface area contributed by atoms with Gasteiger partial charge in [-0.1, -0.05) is 18.2 Å². The van der Waals surface area contributed by atoms with Gasteiger partial charge in [0, 0.05) is 24.4 Å². The van der Waals surface area contributed by atoms with Crippen LogP contribution in [-0.4, -0.2) is 12.5 Å². The molecular weight excluding hydrogens is 228 g/mol. The molecule has 0 aliphatic carbocycles. The zero-order valence-electron chi connectivity index (χ0n) is 9.74. The molecule has 3 rings (SSSR count). The van der Waals surface area contributed by atoms with Gasteiger partial charge in [0.2, 0.25) is 0 Å². The summed E-state index contributed by atoms with van der Waals surface area (Å²) in [5.74, 6) is -0.0550. The second-order valence-electron chi connectivity index (χ2n) is 4.28. The average molecular weight is 240 g/mol. The van der Waals surface area contributed by atoms with Crippen LogP contribution in [0, 0.1) is 5.21 Å². The summed E-state index contributed by atoms with van der Waals surface area (Å²) in [5, 5.41) is 11.0. The van der Waals surface area contributed by atoms with Crippen molar-refractivity contribution in [2.24, 2.45) is 0 Å². The summed E-state index contributed by atoms with van der Waals surface area (Å²) in [7, 11) is 0. The van der Waals surface area contributed by atoms with Crippen molar-refractivity contribution in [1.82, 2.24) is 0 Å². The van der Waals surface area contributed by atoms with Crippen molar-refractivity contribution in [1.29, 1.82) is 0 Å². The van der Waals surface area contributed by atoms with Crippen LogP contribution in [-0.2, 0) is 6.42 Å². The number of fused-ring (bicyclic) bond motifs is 1. The number of hydrogen-bond acceptors (Lipinski definition) is 2. The molecule has 0 spiro atoms. The van der Waals surface area contributed by atoms with Crippen LogP contribution in [0.15, 0.2) is 48.8 Å². The van der Waals surface area contributed by atoms with E-state index in [2.05, 4.69) is 0 Å². The largest absolute Gasteiger partial charge is 0.619 e. The maximum absolute atomic E-state index is 12.3. The standard InChI is InChI=1S/C14H12N2O2/c17-14(12-5-8-15(18)9-6-12)16-10-7-11-3-1-2-4-13(11)16/h1-6,8-9H,7,10H2. The minimum Gasteiger partial charge on any atom is -0.619 e. The molecule has 0 saturated carbocycles. The first kappa shape index (κ1) is 10.8. The third kappa shape index (κ3) is 1.72. The van der Waals surface area contributed by atoms with Gasteiger partial charge in [-0.3, -0.25) is 4.79 Å². The van der Waals surface area contributed by atoms with E-state index >= 15 is 0 Å². The number of para-hydroxylation sites is 1. The van der Waals surface area contributed by atoms with Crippen molar-refractivity contribution in [2.75, 3.05) is 11.4 Å². The Hall–Kier alpha value is -2.36. The summed E-state index contributed by atoms with van der Waals surface area (Å²) >= 11 is 0. The van der Waals surface area contributed by atoms with Crippen molar-refractivity contribution in [2.45, 2.75) is 6.42 Å². The van der Waals surface area contributed by atoms with Gasteiger partial charge in [0.25, 0.3) is 5.91 Å². The summed E-state index contributed by atoms with van der Waals surface area (Å²) in [5.41, 5.74) is 2.71. The van der Waals surface area contributed by atoms with Crippen LogP contribution >= 0.6 is 0 Å². The Balaban J connectivity index is 1.93. The molecular formula is C14H12N2O2. The van der Waals surface area contributed by atoms with Gasteiger partial charge in [0.1, 0.15) is 0 Å². The van der Waals surface area contributed by atoms with E-state index in [9.17, 15) is 10.0 Å². The number of amides is 1. The predicted molar refractivity (Wildman–Crippen MR) is 67.2 cm³/mol. The molecule has 0 unspecified atom stereocenters. The molecule has 1 aliphatic rings. The van der Waals surface area contributed by atoms with E-state index in [0.717, 1.165) is 12.1 Å². The maximum atomic E-state index is 12.3. The van der Waals surface area contributed by atoms with Gasteiger partial charge in [0.05, 0.1) is 5.56 Å². The quantitative estimate of drug-likeness (QED) is 0.560. The molecule has 90 valence electrons. The number of carbonyl (C=O) groups excluding carboxylic acids is 1. The SMILES string of the molecule is O=C(c1cc[n+]([O-])cc1)N1CCc2ccccc21. The Kier molecular flexibility index (Phi) is 2.48. The van der Waals surface area contributed by atoms with Crippen molar-refractivity contribution < 1.29 is 9.52 Å². The maximum Gasteiger partial charge on any atom is 0.258 e. The number of anilines is 1. The van der Waals surface area contributed by atoms with Crippen LogP contribution in [0.1, 0.15) is 15.9 Å². The van der Waals surface area contributed by atoms with E-state index in [1.54, 1.807) is 17.0 Å². The molecule has 1 amide bonds. The molecule has 4 heteroatoms. The molecule has 0 N–H and O–H groups in total. The minimum absolute atomic E-state index is 0.0550. The third-order valence-electron chi connectivity index (χ3n) is 3.18. The van der Waals surface area contributed by atoms with E-state index in [4.69, 9.17) is 0 Å². The van der Waals surface area contributed by atoms with Gasteiger partial charge >= 0.3 is 0 Å². The highest BCUT2D eigenvalue weighted by atomic mass is 16.5. The first-order chi connectivity index (χ1) is 8.75. The van der Waals surface area contributed by atoms with E-state index in [-0.39, 0.29) is 5.91 Å². The fourth-order valence-corrected chi connectivity index (χ4v) is 2.26. The molecule has 2 heterocycles. The lowest BCUT2D eigenvalue weighted by Gasteiger charge is -2.16. The molecule has 0 bridgehead atoms. The molecule has 2 aromatic rings. The monoisotopic (exact) mass is 240 g/mol. The van der Waals surface area contributed by atoms with Crippen LogP contribution < -0.4 is 9.63 Å². The lowest BCUT2D eigenvalue weighted by molar-refractivity contribution is -0.605. The molecule has 18 heavy (non-hydrogen) atoms. The normalized spacial score (nSPS) is 13.4. The molecule has 0 fully saturated rings. The Morgan fingerprint density at radius 2 is 1.89 bits per heavy atom. The number of carbonyl (C=O) groups is 1. The lowest BCUT2D eigenvalue weighted by Crippen LogP contribution is -2.30. The Morgan fingerprint density at radius 3 is 2.67 bits per heavy atom. The van der Waals surface area contributed by atoms with Crippen LogP contribution in [0.2, 0.25) is 0 Å². The van der Waals surface area contributed by atoms with Gasteiger partial charge < -0.3 is 10.1 Å². The van der Waals surface area contributed by atoms with Gasteiger partial charge in [-0.25, -0.2) is 0 Å². The number of hydrogen-bond donors (Lipinski definition) is 0. The fourth-order valence-electron chi connectivity index (χ4n) is 2.26. The number of benzene rings is 1. The van der Waals surface area contributed by atoms with Gasteiger partial charge in [-0.05, 0) is 18.1 Å². The van der Waals surface area contributed by atoms with Gasteiger partial charge in [-0.2, -0.15) is 4.73 Å². The van der Waals surface area contributed by atoms with Crippen LogP contribution in [0.3, 0.4) is 0 Å². The summed E-state index contributed by atoms with van der Waals surface area (Å²) in [4.78, 5) is 14.1. The van der Waals surface area contributed by atoms with Crippen molar-refractivity contribution in [3.63, 3.8) is 0 Å². The Labute approximate surface area is 105 Å². The molecule has 0 saturated heterocycles. The van der Waals surface area contributed by atoms with Crippen molar-refractivity contribution in [3.8, 4) is 0 Å². The van der Waals surface area contributed by atoms with Gasteiger partial charge in [0.15, 0.2) is 12.4 Å². The van der Waals surface area contributed by atoms with Gasteiger partial charge in [-0.15, -0.1) is 0 Å². The molecule has 1 aromatic heterocycles. The van der Waals surface area contributed by atoms with E-state index in [1.165, 1.54) is 18.0 Å². The second kappa shape index (κ2) is 4.14. The summed E-state index contributed by atoms with van der Waals surface area (Å²) in [6.07, 6.45) is 3.57. The predicted octanol–water partition coefficient (Wildman–Crippen LogP) is 1.52. The van der Waals surface area contributed by atoms with Crippen LogP contribution in [0.5, 0.6) is 0 Å². The lowest BCUT2D eigenvalue weighted by atomic mass is 10.2. The highest BCUT2D eigenvalue weighted by Crippen LogP contribution is 2.28. The highest BCUT2D eigenvalue weighted by molar-refractivity contribution is 6.07. The van der Waals surface area contributed by atoms with E-state index in [1.807, 2.05) is 24.3 Å². The molecule has 0 radical (unpaired) electrons. The van der Waals surface area contributed by atoms with Crippen LogP contribution in [0.25, 0.3) is 0 Å². The number of nitrogens with zero attached hydrogens (tertiary/aromatic N) is 2. The molecule has 0 atom stereocenters. The number of pyridine rings is 1. The highest BCUT2D eigenvalue weighted by Gasteiger charge is 2.25. The minimum atomic E-state index is -0.0550. The van der Waals surface area contributed by atoms with Crippen LogP contribution in [0.4, 0.5) is 5.69 Å². The fraction of sp³-hybridized carbons (Fsp3) is 0.143. The summed E-state index contributed by atoms with van der Waals surface area (Å²) in [6, 6.07) is 11.0. The summed E-state index contributed by atoms with van der Waals surface area (Å²) in [6.45, 7) is 0.699. The third-order valence-corrected chi connectivity index (χ3v) is 3.18. The van der Waals surface area contributed by atoms with Crippen molar-refractivity contribution in [3.05, 3.63) is 65.1 Å². The zero-order valence-corrected chi connectivity index (χ0v) is 9.74. The first-order valence-corrected chi connectivity index (χ1v) is 5.84. The summed E-state index contributed by atoms with van der Waals surface area (Å²) < 4.78 is 0.675. The molecule has 1 aromatic carbocycles. The Morgan fingerprint density at radius 1 is 1.17 bits per heavy atom. The Bertz CT molecular complexity index is 593. The van der Waals surface area contributed by atoms with E-state index < -0.39 is 0 Å². The second-order valence-corrected chi connectivity index (χ2v) is 4.28. The number of aromatic nitrogens is 1. The number of rotatable bonds is 1. The first-order valence-electron chi connectivity index (χ1n) is 5.84. The smallest absolute Gasteiger partial charge is 0.258 e. The topological polar surface area (TPSA) is 47.2 Å². The van der Waals surface area contributed by atoms with Crippen molar-refractivity contribution >= 4 is 11.6 Å².